The normalized spacial score (nSPS) is 14.0. The molecule has 130 valence electrons. The van der Waals surface area contributed by atoms with Gasteiger partial charge < -0.3 is 4.90 Å². The number of benzene rings is 1. The standard InChI is InChI=1S/C16H16N4O4S/c1-10(11-4-3-5-12(8-11)20(23)24)18(2)14(21)13-9-17-16-19(15(13)22)6-7-25-16/h3-5,8-10H,6-7H2,1-2H3. The topological polar surface area (TPSA) is 98.3 Å². The molecule has 0 radical (unpaired) electrons. The van der Waals surface area contributed by atoms with Crippen LogP contribution in [0.3, 0.4) is 0 Å². The first-order chi connectivity index (χ1) is 11.9. The first-order valence-electron chi connectivity index (χ1n) is 7.64. The number of nitro benzene ring substituents is 1. The van der Waals surface area contributed by atoms with E-state index >= 15 is 0 Å². The highest BCUT2D eigenvalue weighted by Crippen LogP contribution is 2.25. The number of thioether (sulfide) groups is 1. The van der Waals surface area contributed by atoms with Crippen LogP contribution in [0, 0.1) is 10.1 Å². The van der Waals surface area contributed by atoms with Gasteiger partial charge in [-0.3, -0.25) is 24.3 Å². The average molecular weight is 360 g/mol. The molecular weight excluding hydrogens is 344 g/mol. The summed E-state index contributed by atoms with van der Waals surface area (Å²) in [5.74, 6) is 0.309. The lowest BCUT2D eigenvalue weighted by molar-refractivity contribution is -0.384. The first kappa shape index (κ1) is 17.2. The van der Waals surface area contributed by atoms with E-state index in [0.29, 0.717) is 17.3 Å². The molecule has 0 saturated heterocycles. The van der Waals surface area contributed by atoms with Crippen molar-refractivity contribution < 1.29 is 9.72 Å². The van der Waals surface area contributed by atoms with Crippen molar-refractivity contribution in [2.75, 3.05) is 12.8 Å². The highest BCUT2D eigenvalue weighted by molar-refractivity contribution is 7.99. The molecule has 0 saturated carbocycles. The van der Waals surface area contributed by atoms with Crippen molar-refractivity contribution in [1.29, 1.82) is 0 Å². The minimum absolute atomic E-state index is 0.00558. The number of amides is 1. The molecule has 3 rings (SSSR count). The molecule has 1 aromatic carbocycles. The van der Waals surface area contributed by atoms with Crippen LogP contribution >= 0.6 is 11.8 Å². The van der Waals surface area contributed by atoms with Gasteiger partial charge in [0.25, 0.3) is 17.2 Å². The Labute approximate surface area is 147 Å². The van der Waals surface area contributed by atoms with Crippen molar-refractivity contribution in [3.8, 4) is 0 Å². The van der Waals surface area contributed by atoms with Crippen LogP contribution in [0.15, 0.2) is 40.4 Å². The number of nitro groups is 1. The van der Waals surface area contributed by atoms with Crippen LogP contribution < -0.4 is 5.56 Å². The second-order valence-corrected chi connectivity index (χ2v) is 6.77. The number of carbonyl (C=O) groups is 1. The molecule has 1 unspecified atom stereocenters. The minimum Gasteiger partial charge on any atom is -0.335 e. The van der Waals surface area contributed by atoms with Crippen LogP contribution in [0.25, 0.3) is 0 Å². The summed E-state index contributed by atoms with van der Waals surface area (Å²) in [6.45, 7) is 2.29. The van der Waals surface area contributed by atoms with Crippen LogP contribution in [0.2, 0.25) is 0 Å². The second-order valence-electron chi connectivity index (χ2n) is 5.70. The molecule has 0 spiro atoms. The maximum atomic E-state index is 12.7. The molecule has 9 heteroatoms. The van der Waals surface area contributed by atoms with Gasteiger partial charge in [-0.1, -0.05) is 23.9 Å². The van der Waals surface area contributed by atoms with Crippen LogP contribution in [-0.4, -0.2) is 38.1 Å². The maximum Gasteiger partial charge on any atom is 0.269 e. The fraction of sp³-hybridized carbons (Fsp3) is 0.312. The van der Waals surface area contributed by atoms with Crippen molar-refractivity contribution >= 4 is 23.4 Å². The third-order valence-electron chi connectivity index (χ3n) is 4.25. The zero-order valence-electron chi connectivity index (χ0n) is 13.7. The maximum absolute atomic E-state index is 12.7. The number of hydrogen-bond acceptors (Lipinski definition) is 6. The Kier molecular flexibility index (Phi) is 4.58. The van der Waals surface area contributed by atoms with Crippen LogP contribution in [-0.2, 0) is 6.54 Å². The van der Waals surface area contributed by atoms with Crippen LogP contribution in [0.5, 0.6) is 0 Å². The third kappa shape index (κ3) is 3.14. The van der Waals surface area contributed by atoms with Crippen LogP contribution in [0.4, 0.5) is 5.69 Å². The van der Waals surface area contributed by atoms with Crippen molar-refractivity contribution in [2.45, 2.75) is 24.7 Å². The van der Waals surface area contributed by atoms with Crippen LogP contribution in [0.1, 0.15) is 28.9 Å². The highest BCUT2D eigenvalue weighted by atomic mass is 32.2. The third-order valence-corrected chi connectivity index (χ3v) is 5.22. The molecule has 0 fully saturated rings. The summed E-state index contributed by atoms with van der Waals surface area (Å²) in [5, 5.41) is 11.5. The fourth-order valence-corrected chi connectivity index (χ4v) is 3.57. The summed E-state index contributed by atoms with van der Waals surface area (Å²) in [6, 6.07) is 5.68. The molecule has 2 aromatic rings. The second kappa shape index (κ2) is 6.67. The van der Waals surface area contributed by atoms with Crippen molar-refractivity contribution in [3.63, 3.8) is 0 Å². The first-order valence-corrected chi connectivity index (χ1v) is 8.63. The smallest absolute Gasteiger partial charge is 0.269 e. The van der Waals surface area contributed by atoms with Crippen molar-refractivity contribution in [1.82, 2.24) is 14.5 Å². The number of rotatable bonds is 4. The van der Waals surface area contributed by atoms with Gasteiger partial charge in [0.15, 0.2) is 5.16 Å². The van der Waals surface area contributed by atoms with E-state index in [1.165, 1.54) is 39.6 Å². The van der Waals surface area contributed by atoms with E-state index in [2.05, 4.69) is 4.98 Å². The van der Waals surface area contributed by atoms with Crippen molar-refractivity contribution in [3.05, 3.63) is 62.1 Å². The number of carbonyl (C=O) groups excluding carboxylic acids is 1. The van der Waals surface area contributed by atoms with E-state index < -0.39 is 16.9 Å². The summed E-state index contributed by atoms with van der Waals surface area (Å²) in [6.07, 6.45) is 1.31. The molecule has 2 heterocycles. The average Bonchev–Trinajstić information content (AvgIpc) is 3.10. The number of hydrogen-bond donors (Lipinski definition) is 0. The van der Waals surface area contributed by atoms with Gasteiger partial charge in [-0.25, -0.2) is 4.98 Å². The summed E-state index contributed by atoms with van der Waals surface area (Å²) in [7, 11) is 1.57. The monoisotopic (exact) mass is 360 g/mol. The molecule has 0 N–H and O–H groups in total. The Hall–Kier alpha value is -2.68. The van der Waals surface area contributed by atoms with Gasteiger partial charge in [0.2, 0.25) is 0 Å². The zero-order chi connectivity index (χ0) is 18.1. The van der Waals surface area contributed by atoms with Gasteiger partial charge in [0, 0.05) is 37.7 Å². The Bertz CT molecular complexity index is 911. The molecular formula is C16H16N4O4S. The summed E-state index contributed by atoms with van der Waals surface area (Å²) in [4.78, 5) is 41.2. The Morgan fingerprint density at radius 2 is 2.24 bits per heavy atom. The largest absolute Gasteiger partial charge is 0.335 e. The quantitative estimate of drug-likeness (QED) is 0.470. The molecule has 0 bridgehead atoms. The lowest BCUT2D eigenvalue weighted by Gasteiger charge is -2.25. The number of aromatic nitrogens is 2. The Balaban J connectivity index is 1.89. The van der Waals surface area contributed by atoms with Gasteiger partial charge in [0.1, 0.15) is 5.56 Å². The number of fused-ring (bicyclic) bond motifs is 1. The molecule has 1 aliphatic rings. The van der Waals surface area contributed by atoms with E-state index in [4.69, 9.17) is 0 Å². The van der Waals surface area contributed by atoms with Gasteiger partial charge in [-0.2, -0.15) is 0 Å². The van der Waals surface area contributed by atoms with E-state index in [1.807, 2.05) is 0 Å². The summed E-state index contributed by atoms with van der Waals surface area (Å²) >= 11 is 1.48. The summed E-state index contributed by atoms with van der Waals surface area (Å²) in [5.41, 5.74) is 0.237. The summed E-state index contributed by atoms with van der Waals surface area (Å²) < 4.78 is 1.50. The van der Waals surface area contributed by atoms with E-state index in [-0.39, 0.29) is 16.8 Å². The predicted molar refractivity (Wildman–Crippen MR) is 92.8 cm³/mol. The highest BCUT2D eigenvalue weighted by Gasteiger charge is 2.25. The molecule has 1 amide bonds. The molecule has 1 atom stereocenters. The minimum atomic E-state index is -0.480. The van der Waals surface area contributed by atoms with Gasteiger partial charge >= 0.3 is 0 Å². The molecule has 0 aliphatic carbocycles. The fourth-order valence-electron chi connectivity index (χ4n) is 2.65. The Morgan fingerprint density at radius 1 is 1.48 bits per heavy atom. The SMILES string of the molecule is CC(c1cccc([N+](=O)[O-])c1)N(C)C(=O)c1cnc2n(c1=O)CCS2. The van der Waals surface area contributed by atoms with Gasteiger partial charge in [0.05, 0.1) is 11.0 Å². The van der Waals surface area contributed by atoms with Gasteiger partial charge in [-0.05, 0) is 12.5 Å². The number of nitrogens with zero attached hydrogens (tertiary/aromatic N) is 4. The predicted octanol–water partition coefficient (Wildman–Crippen LogP) is 2.09. The zero-order valence-corrected chi connectivity index (χ0v) is 14.5. The molecule has 8 nitrogen and oxygen atoms in total. The van der Waals surface area contributed by atoms with Gasteiger partial charge in [-0.15, -0.1) is 0 Å². The van der Waals surface area contributed by atoms with E-state index in [0.717, 1.165) is 5.75 Å². The lowest BCUT2D eigenvalue weighted by Crippen LogP contribution is -2.36. The lowest BCUT2D eigenvalue weighted by atomic mass is 10.1. The molecule has 1 aliphatic heterocycles. The Morgan fingerprint density at radius 3 is 2.96 bits per heavy atom. The van der Waals surface area contributed by atoms with E-state index in [1.54, 1.807) is 26.1 Å². The number of non-ortho nitro benzene ring substituents is 1. The molecule has 1 aromatic heterocycles. The van der Waals surface area contributed by atoms with Crippen molar-refractivity contribution in [2.24, 2.45) is 0 Å². The van der Waals surface area contributed by atoms with E-state index in [9.17, 15) is 19.7 Å². The molecule has 25 heavy (non-hydrogen) atoms.